The van der Waals surface area contributed by atoms with Crippen LogP contribution in [-0.4, -0.2) is 11.4 Å². The Morgan fingerprint density at radius 3 is 1.43 bits per heavy atom. The smallest absolute Gasteiger partial charge is 0.0675 e. The van der Waals surface area contributed by atoms with Gasteiger partial charge < -0.3 is 0 Å². The highest BCUT2D eigenvalue weighted by Crippen LogP contribution is 2.46. The van der Waals surface area contributed by atoms with Crippen molar-refractivity contribution >= 4 is 44.7 Å². The van der Waals surface area contributed by atoms with Crippen LogP contribution in [0, 0.1) is 0 Å². The quantitative estimate of drug-likeness (QED) is 0.257. The molecule has 0 saturated heterocycles. The van der Waals surface area contributed by atoms with Gasteiger partial charge in [0.05, 0.1) is 11.4 Å². The molecule has 0 atom stereocenters. The molecule has 10 rings (SSSR count). The standard InChI is InChI=1S/C38H26N2/c1-3-7-31-21(5-1)9-25-13-27(15-33(25)31)37-19-29-11-23-18-36-30(12-24(23)17-35(29)39-37)20-38(40-36)28-14-26-10-22-6-2-4-8-32(22)34(26)16-28/h1-8,11-14,17-18H,9-10,15-16,19-20H2. The zero-order chi connectivity index (χ0) is 25.9. The summed E-state index contributed by atoms with van der Waals surface area (Å²) in [6, 6.07) is 27.1. The Labute approximate surface area is 233 Å². The van der Waals surface area contributed by atoms with E-state index in [0.717, 1.165) is 49.9 Å². The predicted molar refractivity (Wildman–Crippen MR) is 165 cm³/mol. The van der Waals surface area contributed by atoms with Gasteiger partial charge in [0.1, 0.15) is 0 Å². The van der Waals surface area contributed by atoms with E-state index in [1.807, 2.05) is 0 Å². The lowest BCUT2D eigenvalue weighted by atomic mass is 9.95. The van der Waals surface area contributed by atoms with E-state index in [-0.39, 0.29) is 0 Å². The number of aliphatic imine (C=N–C) groups is 2. The van der Waals surface area contributed by atoms with E-state index in [1.54, 1.807) is 0 Å². The molecule has 2 heterocycles. The maximum atomic E-state index is 5.17. The van der Waals surface area contributed by atoms with Crippen LogP contribution in [0.1, 0.15) is 46.2 Å². The molecule has 0 unspecified atom stereocenters. The van der Waals surface area contributed by atoms with Crippen LogP contribution in [-0.2, 0) is 25.7 Å². The van der Waals surface area contributed by atoms with Crippen LogP contribution in [0.3, 0.4) is 0 Å². The second kappa shape index (κ2) is 7.55. The number of fused-ring (bicyclic) bond motifs is 7. The van der Waals surface area contributed by atoms with Gasteiger partial charge >= 0.3 is 0 Å². The van der Waals surface area contributed by atoms with Crippen molar-refractivity contribution < 1.29 is 0 Å². The van der Waals surface area contributed by atoms with E-state index >= 15 is 0 Å². The number of nitrogens with zero attached hydrogens (tertiary/aromatic N) is 2. The second-order valence-corrected chi connectivity index (χ2v) is 12.1. The molecule has 0 amide bonds. The molecule has 188 valence electrons. The highest BCUT2D eigenvalue weighted by molar-refractivity contribution is 6.13. The fraction of sp³-hybridized carbons (Fsp3) is 0.158. The molecule has 0 radical (unpaired) electrons. The SMILES string of the molecule is C1=C(C2=Nc3cc4cc5c(cc4cc3C2)N=C(C2=CC3=C(C2)c2ccccc2C3)C5)CC2=C1Cc1ccccc12. The normalized spacial score (nSPS) is 19.3. The summed E-state index contributed by atoms with van der Waals surface area (Å²) in [5.74, 6) is 0. The Bertz CT molecular complexity index is 1940. The summed E-state index contributed by atoms with van der Waals surface area (Å²) in [6.45, 7) is 0. The highest BCUT2D eigenvalue weighted by atomic mass is 14.8. The third-order valence-electron chi connectivity index (χ3n) is 9.86. The minimum atomic E-state index is 0.927. The first kappa shape index (κ1) is 21.3. The molecule has 6 aliphatic rings. The summed E-state index contributed by atoms with van der Waals surface area (Å²) in [6.07, 6.45) is 10.9. The largest absolute Gasteiger partial charge is 0.252 e. The first-order chi connectivity index (χ1) is 19.7. The van der Waals surface area contributed by atoms with E-state index in [9.17, 15) is 0 Å². The number of benzene rings is 4. The summed E-state index contributed by atoms with van der Waals surface area (Å²) in [5.41, 5.74) is 22.1. The lowest BCUT2D eigenvalue weighted by Gasteiger charge is -2.07. The highest BCUT2D eigenvalue weighted by Gasteiger charge is 2.31. The van der Waals surface area contributed by atoms with Crippen molar-refractivity contribution in [3.63, 3.8) is 0 Å². The zero-order valence-corrected chi connectivity index (χ0v) is 22.2. The second-order valence-electron chi connectivity index (χ2n) is 12.1. The number of hydrogen-bond acceptors (Lipinski definition) is 2. The van der Waals surface area contributed by atoms with E-state index in [1.165, 1.54) is 89.0 Å². The average molecular weight is 511 g/mol. The minimum absolute atomic E-state index is 0.927. The van der Waals surface area contributed by atoms with Crippen LogP contribution < -0.4 is 0 Å². The van der Waals surface area contributed by atoms with Crippen LogP contribution in [0.25, 0.3) is 21.9 Å². The fourth-order valence-corrected chi connectivity index (χ4v) is 7.89. The first-order valence-corrected chi connectivity index (χ1v) is 14.5. The molecule has 0 bridgehead atoms. The molecule has 4 aliphatic carbocycles. The van der Waals surface area contributed by atoms with Gasteiger partial charge in [-0.3, -0.25) is 9.98 Å². The molecule has 4 aromatic rings. The molecule has 2 nitrogen and oxygen atoms in total. The Morgan fingerprint density at radius 2 is 0.925 bits per heavy atom. The van der Waals surface area contributed by atoms with Crippen molar-refractivity contribution in [2.75, 3.05) is 0 Å². The van der Waals surface area contributed by atoms with Gasteiger partial charge in [0.15, 0.2) is 0 Å². The monoisotopic (exact) mass is 510 g/mol. The molecule has 2 aliphatic heterocycles. The summed E-state index contributed by atoms with van der Waals surface area (Å²) < 4.78 is 0. The van der Waals surface area contributed by atoms with E-state index in [4.69, 9.17) is 9.98 Å². The van der Waals surface area contributed by atoms with Gasteiger partial charge in [-0.05, 0) is 115 Å². The molecule has 0 saturated carbocycles. The van der Waals surface area contributed by atoms with Gasteiger partial charge in [-0.2, -0.15) is 0 Å². The van der Waals surface area contributed by atoms with Crippen LogP contribution in [0.15, 0.2) is 117 Å². The van der Waals surface area contributed by atoms with Crippen molar-refractivity contribution in [1.82, 2.24) is 0 Å². The fourth-order valence-electron chi connectivity index (χ4n) is 7.89. The number of allylic oxidation sites excluding steroid dienone is 8. The Kier molecular flexibility index (Phi) is 4.02. The van der Waals surface area contributed by atoms with Gasteiger partial charge in [-0.15, -0.1) is 0 Å². The summed E-state index contributed by atoms with van der Waals surface area (Å²) >= 11 is 0. The molecular weight excluding hydrogens is 484 g/mol. The predicted octanol–water partition coefficient (Wildman–Crippen LogP) is 8.78. The lowest BCUT2D eigenvalue weighted by molar-refractivity contribution is 1.24. The molecular formula is C38H26N2. The number of rotatable bonds is 2. The van der Waals surface area contributed by atoms with Crippen LogP contribution in [0.4, 0.5) is 11.4 Å². The topological polar surface area (TPSA) is 24.7 Å². The summed E-state index contributed by atoms with van der Waals surface area (Å²) in [7, 11) is 0. The number of hydrogen-bond donors (Lipinski definition) is 0. The van der Waals surface area contributed by atoms with Crippen LogP contribution >= 0.6 is 0 Å². The van der Waals surface area contributed by atoms with Gasteiger partial charge in [0.2, 0.25) is 0 Å². The van der Waals surface area contributed by atoms with Crippen molar-refractivity contribution in [2.24, 2.45) is 9.98 Å². The summed E-state index contributed by atoms with van der Waals surface area (Å²) in [5, 5.41) is 2.56. The van der Waals surface area contributed by atoms with Crippen LogP contribution in [0.5, 0.6) is 0 Å². The molecule has 40 heavy (non-hydrogen) atoms. The van der Waals surface area contributed by atoms with Crippen molar-refractivity contribution in [2.45, 2.75) is 38.5 Å². The van der Waals surface area contributed by atoms with E-state index < -0.39 is 0 Å². The summed E-state index contributed by atoms with van der Waals surface area (Å²) in [4.78, 5) is 10.3. The average Bonchev–Trinajstić information content (AvgIpc) is 3.78. The Hall–Kier alpha value is -4.56. The molecule has 0 fully saturated rings. The van der Waals surface area contributed by atoms with Crippen LogP contribution in [0.2, 0.25) is 0 Å². The van der Waals surface area contributed by atoms with Gasteiger partial charge in [0.25, 0.3) is 0 Å². The first-order valence-electron chi connectivity index (χ1n) is 14.5. The maximum absolute atomic E-state index is 5.17. The molecule has 0 N–H and O–H groups in total. The Balaban J connectivity index is 0.913. The van der Waals surface area contributed by atoms with Gasteiger partial charge in [-0.25, -0.2) is 0 Å². The zero-order valence-electron chi connectivity index (χ0n) is 22.2. The molecule has 2 heteroatoms. The van der Waals surface area contributed by atoms with Crippen molar-refractivity contribution in [1.29, 1.82) is 0 Å². The van der Waals surface area contributed by atoms with E-state index in [2.05, 4.69) is 84.9 Å². The van der Waals surface area contributed by atoms with E-state index in [0.29, 0.717) is 0 Å². The third-order valence-corrected chi connectivity index (χ3v) is 9.86. The maximum Gasteiger partial charge on any atom is 0.0675 e. The molecule has 0 aromatic heterocycles. The van der Waals surface area contributed by atoms with Gasteiger partial charge in [-0.1, -0.05) is 60.7 Å². The molecule has 4 aromatic carbocycles. The minimum Gasteiger partial charge on any atom is -0.252 e. The van der Waals surface area contributed by atoms with Gasteiger partial charge in [0, 0.05) is 37.1 Å². The van der Waals surface area contributed by atoms with Crippen molar-refractivity contribution in [3.05, 3.63) is 141 Å². The molecule has 0 spiro atoms. The lowest BCUT2D eigenvalue weighted by Crippen LogP contribution is -2.02. The third kappa shape index (κ3) is 2.94. The van der Waals surface area contributed by atoms with Crippen molar-refractivity contribution in [3.8, 4) is 0 Å². The Morgan fingerprint density at radius 1 is 0.450 bits per heavy atom.